The minimum Gasteiger partial charge on any atom is -0.399 e. The lowest BCUT2D eigenvalue weighted by molar-refractivity contribution is 0.0732. The first-order chi connectivity index (χ1) is 10.5. The Morgan fingerprint density at radius 1 is 1.23 bits per heavy atom. The van der Waals surface area contributed by atoms with E-state index in [-0.39, 0.29) is 17.8 Å². The highest BCUT2D eigenvalue weighted by atomic mass is 19.1. The van der Waals surface area contributed by atoms with E-state index in [1.165, 1.54) is 12.1 Å². The smallest absolute Gasteiger partial charge is 0.254 e. The Balaban J connectivity index is 1.92. The molecule has 0 saturated carbocycles. The molecule has 1 amide bonds. The zero-order valence-corrected chi connectivity index (χ0v) is 12.5. The fourth-order valence-corrected chi connectivity index (χ4v) is 3.14. The van der Waals surface area contributed by atoms with E-state index in [4.69, 9.17) is 5.73 Å². The Morgan fingerprint density at radius 3 is 2.73 bits per heavy atom. The molecule has 4 heteroatoms. The number of anilines is 1. The lowest BCUT2D eigenvalue weighted by Crippen LogP contribution is -2.31. The number of halogens is 1. The van der Waals surface area contributed by atoms with E-state index in [1.807, 2.05) is 11.0 Å². The first-order valence-corrected chi connectivity index (χ1v) is 7.46. The van der Waals surface area contributed by atoms with Crippen molar-refractivity contribution in [3.05, 3.63) is 65.5 Å². The standard InChI is InChI=1S/C18H19FN2O/c1-12-8-17(13-4-2-6-15(19)9-13)21(11-12)18(22)14-5-3-7-16(20)10-14/h2-7,9-10,12,17H,8,11,20H2,1H3. The van der Waals surface area contributed by atoms with Crippen LogP contribution in [-0.2, 0) is 0 Å². The molecule has 1 heterocycles. The van der Waals surface area contributed by atoms with Gasteiger partial charge in [0.05, 0.1) is 6.04 Å². The summed E-state index contributed by atoms with van der Waals surface area (Å²) >= 11 is 0. The van der Waals surface area contributed by atoms with Crippen LogP contribution in [0.4, 0.5) is 10.1 Å². The molecule has 1 saturated heterocycles. The molecular formula is C18H19FN2O. The Morgan fingerprint density at radius 2 is 2.00 bits per heavy atom. The van der Waals surface area contributed by atoms with Crippen LogP contribution in [0, 0.1) is 11.7 Å². The molecule has 0 spiro atoms. The van der Waals surface area contributed by atoms with Gasteiger partial charge in [-0.2, -0.15) is 0 Å². The van der Waals surface area contributed by atoms with Gasteiger partial charge in [0.1, 0.15) is 5.82 Å². The summed E-state index contributed by atoms with van der Waals surface area (Å²) in [7, 11) is 0. The summed E-state index contributed by atoms with van der Waals surface area (Å²) in [5, 5.41) is 0. The predicted octanol–water partition coefficient (Wildman–Crippen LogP) is 3.63. The molecule has 1 aliphatic heterocycles. The normalized spacial score (nSPS) is 21.1. The molecule has 1 aliphatic rings. The summed E-state index contributed by atoms with van der Waals surface area (Å²) in [5.41, 5.74) is 7.77. The van der Waals surface area contributed by atoms with Gasteiger partial charge in [-0.1, -0.05) is 25.1 Å². The summed E-state index contributed by atoms with van der Waals surface area (Å²) in [5.74, 6) is 0.0672. The van der Waals surface area contributed by atoms with Crippen LogP contribution in [0.1, 0.15) is 35.3 Å². The topological polar surface area (TPSA) is 46.3 Å². The van der Waals surface area contributed by atoms with E-state index in [0.29, 0.717) is 23.7 Å². The molecule has 0 aliphatic carbocycles. The van der Waals surface area contributed by atoms with E-state index in [2.05, 4.69) is 6.92 Å². The van der Waals surface area contributed by atoms with E-state index < -0.39 is 0 Å². The average Bonchev–Trinajstić information content (AvgIpc) is 2.88. The molecular weight excluding hydrogens is 279 g/mol. The van der Waals surface area contributed by atoms with Gasteiger partial charge in [-0.15, -0.1) is 0 Å². The van der Waals surface area contributed by atoms with Crippen LogP contribution >= 0.6 is 0 Å². The Labute approximate surface area is 129 Å². The summed E-state index contributed by atoms with van der Waals surface area (Å²) in [4.78, 5) is 14.6. The van der Waals surface area contributed by atoms with Gasteiger partial charge in [-0.25, -0.2) is 4.39 Å². The Hall–Kier alpha value is -2.36. The first-order valence-electron chi connectivity index (χ1n) is 7.46. The van der Waals surface area contributed by atoms with Crippen LogP contribution in [0.25, 0.3) is 0 Å². The minimum atomic E-state index is -0.270. The number of carbonyl (C=O) groups is 1. The number of nitrogens with two attached hydrogens (primary N) is 1. The molecule has 2 N–H and O–H groups in total. The van der Waals surface area contributed by atoms with Crippen molar-refractivity contribution in [2.45, 2.75) is 19.4 Å². The van der Waals surface area contributed by atoms with Gasteiger partial charge in [0.15, 0.2) is 0 Å². The largest absolute Gasteiger partial charge is 0.399 e. The molecule has 2 unspecified atom stereocenters. The van der Waals surface area contributed by atoms with E-state index in [0.717, 1.165) is 12.0 Å². The van der Waals surface area contributed by atoms with E-state index >= 15 is 0 Å². The molecule has 2 aromatic rings. The molecule has 0 aromatic heterocycles. The number of hydrogen-bond donors (Lipinski definition) is 1. The van der Waals surface area contributed by atoms with E-state index in [1.54, 1.807) is 30.3 Å². The Bertz CT molecular complexity index is 701. The van der Waals surface area contributed by atoms with Crippen molar-refractivity contribution in [2.24, 2.45) is 5.92 Å². The minimum absolute atomic E-state index is 0.0501. The van der Waals surface area contributed by atoms with Gasteiger partial charge in [-0.05, 0) is 48.2 Å². The van der Waals surface area contributed by atoms with Crippen molar-refractivity contribution < 1.29 is 9.18 Å². The van der Waals surface area contributed by atoms with Crippen molar-refractivity contribution in [3.8, 4) is 0 Å². The lowest BCUT2D eigenvalue weighted by Gasteiger charge is -2.25. The highest BCUT2D eigenvalue weighted by Crippen LogP contribution is 2.36. The number of hydrogen-bond acceptors (Lipinski definition) is 2. The number of nitrogens with zero attached hydrogens (tertiary/aromatic N) is 1. The van der Waals surface area contributed by atoms with Crippen LogP contribution in [-0.4, -0.2) is 17.4 Å². The maximum absolute atomic E-state index is 13.5. The SMILES string of the molecule is CC1CC(c2cccc(F)c2)N(C(=O)c2cccc(N)c2)C1. The monoisotopic (exact) mass is 298 g/mol. The quantitative estimate of drug-likeness (QED) is 0.861. The first kappa shape index (κ1) is 14.6. The molecule has 114 valence electrons. The lowest BCUT2D eigenvalue weighted by atomic mass is 10.0. The molecule has 2 atom stereocenters. The van der Waals surface area contributed by atoms with Gasteiger partial charge in [0.25, 0.3) is 5.91 Å². The average molecular weight is 298 g/mol. The predicted molar refractivity (Wildman–Crippen MR) is 84.8 cm³/mol. The van der Waals surface area contributed by atoms with Gasteiger partial charge < -0.3 is 10.6 Å². The van der Waals surface area contributed by atoms with Crippen LogP contribution in [0.3, 0.4) is 0 Å². The fraction of sp³-hybridized carbons (Fsp3) is 0.278. The van der Waals surface area contributed by atoms with Gasteiger partial charge >= 0.3 is 0 Å². The third kappa shape index (κ3) is 2.82. The van der Waals surface area contributed by atoms with Crippen molar-refractivity contribution in [1.29, 1.82) is 0 Å². The second-order valence-corrected chi connectivity index (χ2v) is 5.99. The van der Waals surface area contributed by atoms with Crippen LogP contribution < -0.4 is 5.73 Å². The van der Waals surface area contributed by atoms with Crippen LogP contribution in [0.2, 0.25) is 0 Å². The summed E-state index contributed by atoms with van der Waals surface area (Å²) in [6, 6.07) is 13.4. The number of nitrogen functional groups attached to an aromatic ring is 1. The van der Waals surface area contributed by atoms with Crippen molar-refractivity contribution in [1.82, 2.24) is 4.90 Å². The van der Waals surface area contributed by atoms with Crippen molar-refractivity contribution in [2.75, 3.05) is 12.3 Å². The third-order valence-corrected chi connectivity index (χ3v) is 4.14. The zero-order chi connectivity index (χ0) is 15.7. The number of rotatable bonds is 2. The highest BCUT2D eigenvalue weighted by molar-refractivity contribution is 5.95. The molecule has 3 nitrogen and oxygen atoms in total. The molecule has 0 bridgehead atoms. The molecule has 2 aromatic carbocycles. The molecule has 3 rings (SSSR count). The summed E-state index contributed by atoms with van der Waals surface area (Å²) in [6.45, 7) is 2.79. The third-order valence-electron chi connectivity index (χ3n) is 4.14. The Kier molecular flexibility index (Phi) is 3.84. The number of likely N-dealkylation sites (tertiary alicyclic amines) is 1. The second kappa shape index (κ2) is 5.79. The highest BCUT2D eigenvalue weighted by Gasteiger charge is 2.34. The van der Waals surface area contributed by atoms with Crippen LogP contribution in [0.5, 0.6) is 0 Å². The number of carbonyl (C=O) groups excluding carboxylic acids is 1. The molecule has 22 heavy (non-hydrogen) atoms. The van der Waals surface area contributed by atoms with Gasteiger partial charge in [-0.3, -0.25) is 4.79 Å². The van der Waals surface area contributed by atoms with Gasteiger partial charge in [0, 0.05) is 17.8 Å². The maximum atomic E-state index is 13.5. The number of amides is 1. The van der Waals surface area contributed by atoms with Crippen LogP contribution in [0.15, 0.2) is 48.5 Å². The van der Waals surface area contributed by atoms with Crippen molar-refractivity contribution >= 4 is 11.6 Å². The van der Waals surface area contributed by atoms with Gasteiger partial charge in [0.2, 0.25) is 0 Å². The fourth-order valence-electron chi connectivity index (χ4n) is 3.14. The number of benzene rings is 2. The summed E-state index contributed by atoms with van der Waals surface area (Å²) in [6.07, 6.45) is 0.845. The van der Waals surface area contributed by atoms with E-state index in [9.17, 15) is 9.18 Å². The molecule has 0 radical (unpaired) electrons. The maximum Gasteiger partial charge on any atom is 0.254 e. The van der Waals surface area contributed by atoms with Crippen molar-refractivity contribution in [3.63, 3.8) is 0 Å². The second-order valence-electron chi connectivity index (χ2n) is 5.99. The summed E-state index contributed by atoms with van der Waals surface area (Å²) < 4.78 is 13.5. The zero-order valence-electron chi connectivity index (χ0n) is 12.5. The molecule has 1 fully saturated rings.